The van der Waals surface area contributed by atoms with Crippen LogP contribution in [0.1, 0.15) is 11.3 Å². The molecular formula is C13H11Br2FN2. The van der Waals surface area contributed by atoms with Gasteiger partial charge in [0.2, 0.25) is 0 Å². The van der Waals surface area contributed by atoms with E-state index < -0.39 is 0 Å². The Bertz CT molecular complexity index is 521. The van der Waals surface area contributed by atoms with Crippen molar-refractivity contribution in [1.82, 2.24) is 4.98 Å². The molecule has 1 aromatic heterocycles. The van der Waals surface area contributed by atoms with Crippen molar-refractivity contribution < 1.29 is 4.39 Å². The van der Waals surface area contributed by atoms with Gasteiger partial charge >= 0.3 is 0 Å². The fourth-order valence-corrected chi connectivity index (χ4v) is 2.46. The van der Waals surface area contributed by atoms with Gasteiger partial charge in [0, 0.05) is 11.0 Å². The third kappa shape index (κ3) is 3.29. The van der Waals surface area contributed by atoms with E-state index in [-0.39, 0.29) is 5.82 Å². The number of nitrogens with one attached hydrogen (secondary N) is 1. The van der Waals surface area contributed by atoms with E-state index in [1.54, 1.807) is 6.07 Å². The lowest BCUT2D eigenvalue weighted by Gasteiger charge is -2.10. The summed E-state index contributed by atoms with van der Waals surface area (Å²) in [4.78, 5) is 4.30. The van der Waals surface area contributed by atoms with Gasteiger partial charge in [-0.25, -0.2) is 9.37 Å². The van der Waals surface area contributed by atoms with Gasteiger partial charge in [-0.05, 0) is 52.7 Å². The molecule has 0 radical (unpaired) electrons. The zero-order chi connectivity index (χ0) is 13.1. The molecule has 18 heavy (non-hydrogen) atoms. The summed E-state index contributed by atoms with van der Waals surface area (Å²) in [5, 5.41) is 3.28. The molecule has 0 amide bonds. The standard InChI is InChI=1S/C13H11Br2FN2/c1-8-12(4-5-13(15)18-8)17-7-9-2-3-10(16)6-11(9)14/h2-6,17H,7H2,1H3. The van der Waals surface area contributed by atoms with Gasteiger partial charge in [0.15, 0.2) is 0 Å². The molecule has 0 fully saturated rings. The van der Waals surface area contributed by atoms with Crippen LogP contribution in [0.2, 0.25) is 0 Å². The van der Waals surface area contributed by atoms with Crippen molar-refractivity contribution in [2.24, 2.45) is 0 Å². The third-order valence-corrected chi connectivity index (χ3v) is 3.72. The predicted molar refractivity (Wildman–Crippen MR) is 78.1 cm³/mol. The van der Waals surface area contributed by atoms with E-state index in [1.807, 2.05) is 19.1 Å². The number of aromatic nitrogens is 1. The van der Waals surface area contributed by atoms with E-state index in [9.17, 15) is 4.39 Å². The maximum absolute atomic E-state index is 13.0. The van der Waals surface area contributed by atoms with Crippen molar-refractivity contribution in [3.63, 3.8) is 0 Å². The average molecular weight is 374 g/mol. The van der Waals surface area contributed by atoms with E-state index in [4.69, 9.17) is 0 Å². The van der Waals surface area contributed by atoms with Gasteiger partial charge in [-0.3, -0.25) is 0 Å². The third-order valence-electron chi connectivity index (χ3n) is 2.54. The van der Waals surface area contributed by atoms with Gasteiger partial charge in [0.1, 0.15) is 10.4 Å². The minimum atomic E-state index is -0.243. The van der Waals surface area contributed by atoms with Gasteiger partial charge in [-0.1, -0.05) is 22.0 Å². The highest BCUT2D eigenvalue weighted by Gasteiger charge is 2.04. The van der Waals surface area contributed by atoms with Crippen molar-refractivity contribution in [1.29, 1.82) is 0 Å². The number of rotatable bonds is 3. The molecule has 5 heteroatoms. The van der Waals surface area contributed by atoms with Gasteiger partial charge in [-0.2, -0.15) is 0 Å². The fraction of sp³-hybridized carbons (Fsp3) is 0.154. The summed E-state index contributed by atoms with van der Waals surface area (Å²) in [7, 11) is 0. The normalized spacial score (nSPS) is 10.4. The predicted octanol–water partition coefficient (Wildman–Crippen LogP) is 4.67. The second-order valence-corrected chi connectivity index (χ2v) is 5.52. The van der Waals surface area contributed by atoms with Crippen LogP contribution in [-0.4, -0.2) is 4.98 Å². The van der Waals surface area contributed by atoms with E-state index in [0.29, 0.717) is 6.54 Å². The first-order chi connectivity index (χ1) is 8.56. The SMILES string of the molecule is Cc1nc(Br)ccc1NCc1ccc(F)cc1Br. The van der Waals surface area contributed by atoms with Crippen LogP contribution in [-0.2, 0) is 6.54 Å². The Morgan fingerprint density at radius 3 is 2.67 bits per heavy atom. The Balaban J connectivity index is 2.11. The molecule has 0 aliphatic heterocycles. The van der Waals surface area contributed by atoms with Gasteiger partial charge < -0.3 is 5.32 Å². The summed E-state index contributed by atoms with van der Waals surface area (Å²) in [6, 6.07) is 8.52. The Morgan fingerprint density at radius 2 is 2.00 bits per heavy atom. The summed E-state index contributed by atoms with van der Waals surface area (Å²) < 4.78 is 14.5. The van der Waals surface area contributed by atoms with E-state index in [1.165, 1.54) is 12.1 Å². The number of benzene rings is 1. The molecule has 1 N–H and O–H groups in total. The number of hydrogen-bond acceptors (Lipinski definition) is 2. The summed E-state index contributed by atoms with van der Waals surface area (Å²) in [6.07, 6.45) is 0. The molecular weight excluding hydrogens is 363 g/mol. The molecule has 0 saturated heterocycles. The monoisotopic (exact) mass is 372 g/mol. The van der Waals surface area contributed by atoms with Crippen LogP contribution in [0.4, 0.5) is 10.1 Å². The summed E-state index contributed by atoms with van der Waals surface area (Å²) >= 11 is 6.67. The van der Waals surface area contributed by atoms with Crippen molar-refractivity contribution in [3.05, 3.63) is 56.5 Å². The van der Waals surface area contributed by atoms with Gasteiger partial charge in [0.25, 0.3) is 0 Å². The van der Waals surface area contributed by atoms with Crippen LogP contribution in [0.3, 0.4) is 0 Å². The molecule has 2 aromatic rings. The smallest absolute Gasteiger partial charge is 0.124 e. The van der Waals surface area contributed by atoms with Crippen molar-refractivity contribution >= 4 is 37.5 Å². The number of hydrogen-bond donors (Lipinski definition) is 1. The fourth-order valence-electron chi connectivity index (χ4n) is 1.57. The van der Waals surface area contributed by atoms with Crippen LogP contribution in [0.25, 0.3) is 0 Å². The number of aryl methyl sites for hydroxylation is 1. The van der Waals surface area contributed by atoms with Crippen molar-refractivity contribution in [2.75, 3.05) is 5.32 Å². The molecule has 2 nitrogen and oxygen atoms in total. The number of nitrogens with zero attached hydrogens (tertiary/aromatic N) is 1. The van der Waals surface area contributed by atoms with Gasteiger partial charge in [-0.15, -0.1) is 0 Å². The minimum absolute atomic E-state index is 0.243. The molecule has 0 unspecified atom stereocenters. The van der Waals surface area contributed by atoms with Crippen LogP contribution < -0.4 is 5.32 Å². The first kappa shape index (κ1) is 13.5. The largest absolute Gasteiger partial charge is 0.379 e. The molecule has 0 bridgehead atoms. The van der Waals surface area contributed by atoms with Crippen molar-refractivity contribution in [3.8, 4) is 0 Å². The highest BCUT2D eigenvalue weighted by Crippen LogP contribution is 2.21. The first-order valence-corrected chi connectivity index (χ1v) is 6.96. The molecule has 0 aliphatic rings. The second-order valence-electron chi connectivity index (χ2n) is 3.86. The highest BCUT2D eigenvalue weighted by molar-refractivity contribution is 9.10. The molecule has 0 saturated carbocycles. The first-order valence-electron chi connectivity index (χ1n) is 5.37. The molecule has 1 aromatic carbocycles. The van der Waals surface area contributed by atoms with E-state index >= 15 is 0 Å². The summed E-state index contributed by atoms with van der Waals surface area (Å²) in [5.41, 5.74) is 2.88. The van der Waals surface area contributed by atoms with Crippen LogP contribution in [0.5, 0.6) is 0 Å². The zero-order valence-electron chi connectivity index (χ0n) is 9.67. The molecule has 94 valence electrons. The Labute approximate surface area is 122 Å². The maximum atomic E-state index is 13.0. The molecule has 2 rings (SSSR count). The van der Waals surface area contributed by atoms with Gasteiger partial charge in [0.05, 0.1) is 11.4 Å². The average Bonchev–Trinajstić information content (AvgIpc) is 2.30. The molecule has 0 spiro atoms. The summed E-state index contributed by atoms with van der Waals surface area (Å²) in [5.74, 6) is -0.243. The lowest BCUT2D eigenvalue weighted by molar-refractivity contribution is 0.626. The molecule has 1 heterocycles. The molecule has 0 atom stereocenters. The zero-order valence-corrected chi connectivity index (χ0v) is 12.8. The van der Waals surface area contributed by atoms with Crippen molar-refractivity contribution in [2.45, 2.75) is 13.5 Å². The number of anilines is 1. The quantitative estimate of drug-likeness (QED) is 0.791. The Kier molecular flexibility index (Phi) is 4.35. The lowest BCUT2D eigenvalue weighted by atomic mass is 10.2. The Hall–Kier alpha value is -0.940. The second kappa shape index (κ2) is 5.80. The highest BCUT2D eigenvalue weighted by atomic mass is 79.9. The molecule has 0 aliphatic carbocycles. The summed E-state index contributed by atoms with van der Waals surface area (Å²) in [6.45, 7) is 2.55. The minimum Gasteiger partial charge on any atom is -0.379 e. The van der Waals surface area contributed by atoms with E-state index in [0.717, 1.165) is 26.0 Å². The number of halogens is 3. The van der Waals surface area contributed by atoms with Crippen LogP contribution >= 0.6 is 31.9 Å². The Morgan fingerprint density at radius 1 is 1.22 bits per heavy atom. The number of pyridine rings is 1. The van der Waals surface area contributed by atoms with Crippen LogP contribution in [0.15, 0.2) is 39.4 Å². The van der Waals surface area contributed by atoms with Crippen LogP contribution in [0, 0.1) is 12.7 Å². The maximum Gasteiger partial charge on any atom is 0.124 e. The lowest BCUT2D eigenvalue weighted by Crippen LogP contribution is -2.03. The van der Waals surface area contributed by atoms with E-state index in [2.05, 4.69) is 42.2 Å². The topological polar surface area (TPSA) is 24.9 Å².